The monoisotopic (exact) mass is 300 g/mol. The van der Waals surface area contributed by atoms with Gasteiger partial charge in [0.25, 0.3) is 0 Å². The summed E-state index contributed by atoms with van der Waals surface area (Å²) in [5.41, 5.74) is 2.41. The maximum atomic E-state index is 6.86. The van der Waals surface area contributed by atoms with Crippen LogP contribution in [0.1, 0.15) is 30.4 Å². The van der Waals surface area contributed by atoms with Crippen molar-refractivity contribution >= 4 is 33.0 Å². The number of alkyl halides is 1. The zero-order valence-electron chi connectivity index (χ0n) is 11.6. The lowest BCUT2D eigenvalue weighted by Crippen LogP contribution is -2.23. The number of hydrogen-bond acceptors (Lipinski definition) is 1. The fourth-order valence-electron chi connectivity index (χ4n) is 2.60. The zero-order valence-corrected chi connectivity index (χ0v) is 13.2. The number of fused-ring (bicyclic) bond motifs is 1. The van der Waals surface area contributed by atoms with Gasteiger partial charge < -0.3 is 0 Å². The number of thiophene rings is 1. The maximum Gasteiger partial charge on any atom is 0.0690 e. The molecule has 1 unspecified atom stereocenters. The van der Waals surface area contributed by atoms with Crippen LogP contribution in [0.4, 0.5) is 0 Å². The summed E-state index contributed by atoms with van der Waals surface area (Å²) in [4.78, 5) is 0. The lowest BCUT2D eigenvalue weighted by Gasteiger charge is -2.30. The maximum absolute atomic E-state index is 6.86. The van der Waals surface area contributed by atoms with Crippen molar-refractivity contribution in [1.82, 2.24) is 0 Å². The SMILES string of the molecule is CC(C)(c1ccccc1)C(Cl)c1csc2ccccc12. The van der Waals surface area contributed by atoms with Crippen molar-refractivity contribution in [3.8, 4) is 0 Å². The molecule has 2 aromatic carbocycles. The molecule has 1 heterocycles. The first-order chi connectivity index (χ1) is 9.60. The molecule has 102 valence electrons. The molecule has 0 aliphatic rings. The largest absolute Gasteiger partial charge is 0.143 e. The van der Waals surface area contributed by atoms with Crippen molar-refractivity contribution in [2.75, 3.05) is 0 Å². The summed E-state index contributed by atoms with van der Waals surface area (Å²) in [5, 5.41) is 3.44. The molecule has 0 N–H and O–H groups in total. The molecule has 0 radical (unpaired) electrons. The first kappa shape index (κ1) is 13.7. The molecule has 0 saturated carbocycles. The van der Waals surface area contributed by atoms with E-state index in [0.29, 0.717) is 0 Å². The molecular weight excluding hydrogens is 284 g/mol. The summed E-state index contributed by atoms with van der Waals surface area (Å²) >= 11 is 8.63. The van der Waals surface area contributed by atoms with Crippen LogP contribution >= 0.6 is 22.9 Å². The highest BCUT2D eigenvalue weighted by Crippen LogP contribution is 2.45. The van der Waals surface area contributed by atoms with Crippen molar-refractivity contribution in [2.45, 2.75) is 24.6 Å². The van der Waals surface area contributed by atoms with Crippen LogP contribution in [0.25, 0.3) is 10.1 Å². The van der Waals surface area contributed by atoms with E-state index in [1.807, 2.05) is 6.07 Å². The summed E-state index contributed by atoms with van der Waals surface area (Å²) in [5.74, 6) is 0. The Morgan fingerprint density at radius 2 is 1.60 bits per heavy atom. The number of hydrogen-bond donors (Lipinski definition) is 0. The second-order valence-electron chi connectivity index (χ2n) is 5.64. The van der Waals surface area contributed by atoms with Crippen molar-refractivity contribution in [2.24, 2.45) is 0 Å². The Hall–Kier alpha value is -1.31. The molecule has 20 heavy (non-hydrogen) atoms. The smallest absolute Gasteiger partial charge is 0.0690 e. The quantitative estimate of drug-likeness (QED) is 0.508. The average molecular weight is 301 g/mol. The molecule has 2 heteroatoms. The first-order valence-electron chi connectivity index (χ1n) is 6.76. The molecule has 1 atom stereocenters. The highest BCUT2D eigenvalue weighted by Gasteiger charge is 2.32. The second kappa shape index (κ2) is 5.23. The molecular formula is C18H17ClS. The van der Waals surface area contributed by atoms with E-state index < -0.39 is 0 Å². The number of benzene rings is 2. The van der Waals surface area contributed by atoms with Gasteiger partial charge in [0.1, 0.15) is 0 Å². The van der Waals surface area contributed by atoms with Gasteiger partial charge in [-0.25, -0.2) is 0 Å². The summed E-state index contributed by atoms with van der Waals surface area (Å²) < 4.78 is 1.30. The van der Waals surface area contributed by atoms with Crippen LogP contribution in [-0.4, -0.2) is 0 Å². The van der Waals surface area contributed by atoms with Gasteiger partial charge in [0.05, 0.1) is 5.38 Å². The molecule has 0 aliphatic carbocycles. The molecule has 0 fully saturated rings. The standard InChI is InChI=1S/C18H17ClS/c1-18(2,13-8-4-3-5-9-13)17(19)15-12-20-16-11-7-6-10-14(15)16/h3-12,17H,1-2H3. The van der Waals surface area contributed by atoms with Crippen LogP contribution < -0.4 is 0 Å². The lowest BCUT2D eigenvalue weighted by atomic mass is 9.78. The Balaban J connectivity index is 2.06. The summed E-state index contributed by atoms with van der Waals surface area (Å²) in [7, 11) is 0. The molecule has 3 rings (SSSR count). The first-order valence-corrected chi connectivity index (χ1v) is 8.08. The van der Waals surface area contributed by atoms with E-state index in [1.165, 1.54) is 21.2 Å². The van der Waals surface area contributed by atoms with Crippen LogP contribution in [0.3, 0.4) is 0 Å². The van der Waals surface area contributed by atoms with Crippen molar-refractivity contribution in [3.05, 3.63) is 71.1 Å². The van der Waals surface area contributed by atoms with Crippen LogP contribution in [-0.2, 0) is 5.41 Å². The van der Waals surface area contributed by atoms with Gasteiger partial charge in [-0.1, -0.05) is 62.4 Å². The average Bonchev–Trinajstić information content (AvgIpc) is 2.91. The minimum absolute atomic E-state index is 0.0407. The van der Waals surface area contributed by atoms with E-state index in [0.717, 1.165) is 0 Å². The van der Waals surface area contributed by atoms with Gasteiger partial charge in [0.15, 0.2) is 0 Å². The van der Waals surface area contributed by atoms with E-state index in [9.17, 15) is 0 Å². The van der Waals surface area contributed by atoms with Gasteiger partial charge >= 0.3 is 0 Å². The predicted octanol–water partition coefficient (Wildman–Crippen LogP) is 6.16. The van der Waals surface area contributed by atoms with E-state index in [4.69, 9.17) is 11.6 Å². The fourth-order valence-corrected chi connectivity index (χ4v) is 3.97. The van der Waals surface area contributed by atoms with E-state index in [1.54, 1.807) is 11.3 Å². The normalized spacial score (nSPS) is 13.6. The fraction of sp³-hybridized carbons (Fsp3) is 0.222. The summed E-state index contributed by atoms with van der Waals surface area (Å²) in [6.07, 6.45) is 0. The van der Waals surface area contributed by atoms with Crippen LogP contribution in [0.2, 0.25) is 0 Å². The van der Waals surface area contributed by atoms with Crippen LogP contribution in [0, 0.1) is 0 Å². The van der Waals surface area contributed by atoms with Gasteiger partial charge in [0.2, 0.25) is 0 Å². The zero-order chi connectivity index (χ0) is 14.2. The Labute approximate surface area is 129 Å². The summed E-state index contributed by atoms with van der Waals surface area (Å²) in [6.45, 7) is 4.43. The molecule has 1 aromatic heterocycles. The minimum Gasteiger partial charge on any atom is -0.143 e. The van der Waals surface area contributed by atoms with Gasteiger partial charge in [-0.05, 0) is 28.0 Å². The van der Waals surface area contributed by atoms with E-state index in [-0.39, 0.29) is 10.8 Å². The summed E-state index contributed by atoms with van der Waals surface area (Å²) in [6, 6.07) is 19.0. The highest BCUT2D eigenvalue weighted by molar-refractivity contribution is 7.17. The van der Waals surface area contributed by atoms with Crippen molar-refractivity contribution in [3.63, 3.8) is 0 Å². The molecule has 0 bridgehead atoms. The minimum atomic E-state index is -0.105. The molecule has 0 aliphatic heterocycles. The van der Waals surface area contributed by atoms with Crippen molar-refractivity contribution < 1.29 is 0 Å². The van der Waals surface area contributed by atoms with E-state index >= 15 is 0 Å². The van der Waals surface area contributed by atoms with Gasteiger partial charge in [0, 0.05) is 10.1 Å². The van der Waals surface area contributed by atoms with Crippen LogP contribution in [0.5, 0.6) is 0 Å². The Morgan fingerprint density at radius 1 is 0.950 bits per heavy atom. The molecule has 0 spiro atoms. The number of halogens is 1. The topological polar surface area (TPSA) is 0 Å². The predicted molar refractivity (Wildman–Crippen MR) is 89.9 cm³/mol. The van der Waals surface area contributed by atoms with Gasteiger partial charge in [-0.15, -0.1) is 22.9 Å². The Bertz CT molecular complexity index is 712. The lowest BCUT2D eigenvalue weighted by molar-refractivity contribution is 0.507. The van der Waals surface area contributed by atoms with Crippen molar-refractivity contribution in [1.29, 1.82) is 0 Å². The third kappa shape index (κ3) is 2.25. The molecule has 0 nitrogen and oxygen atoms in total. The Morgan fingerprint density at radius 3 is 2.35 bits per heavy atom. The molecule has 3 aromatic rings. The molecule has 0 saturated heterocycles. The third-order valence-corrected chi connectivity index (χ3v) is 5.70. The van der Waals surface area contributed by atoms with Gasteiger partial charge in [-0.2, -0.15) is 0 Å². The third-order valence-electron chi connectivity index (χ3n) is 3.94. The van der Waals surface area contributed by atoms with Crippen LogP contribution in [0.15, 0.2) is 60.0 Å². The second-order valence-corrected chi connectivity index (χ2v) is 6.99. The van der Waals surface area contributed by atoms with E-state index in [2.05, 4.69) is 67.8 Å². The molecule has 0 amide bonds. The highest BCUT2D eigenvalue weighted by atomic mass is 35.5. The number of rotatable bonds is 3. The van der Waals surface area contributed by atoms with Gasteiger partial charge in [-0.3, -0.25) is 0 Å². The Kier molecular flexibility index (Phi) is 3.57.